The van der Waals surface area contributed by atoms with Crippen LogP contribution in [0.25, 0.3) is 0 Å². The lowest BCUT2D eigenvalue weighted by atomic mass is 10.2. The van der Waals surface area contributed by atoms with Gasteiger partial charge in [0.25, 0.3) is 5.91 Å². The van der Waals surface area contributed by atoms with Gasteiger partial charge in [0.15, 0.2) is 0 Å². The Morgan fingerprint density at radius 3 is 2.89 bits per heavy atom. The first-order chi connectivity index (χ1) is 8.63. The zero-order valence-corrected chi connectivity index (χ0v) is 10.5. The van der Waals surface area contributed by atoms with Crippen molar-refractivity contribution in [2.24, 2.45) is 0 Å². The molecule has 1 N–H and O–H groups in total. The minimum atomic E-state index is -0.630. The van der Waals surface area contributed by atoms with E-state index in [1.54, 1.807) is 4.90 Å². The average molecular weight is 248 g/mol. The normalized spacial score (nSPS) is 18.7. The Balaban J connectivity index is 2.33. The third-order valence-corrected chi connectivity index (χ3v) is 2.82. The fourth-order valence-corrected chi connectivity index (χ4v) is 2.03. The minimum Gasteiger partial charge on any atom is -0.489 e. The second kappa shape index (κ2) is 5.08. The molecule has 1 heterocycles. The number of amides is 2. The molecule has 0 radical (unpaired) electrons. The molecule has 0 fully saturated rings. The Bertz CT molecular complexity index is 473. The van der Waals surface area contributed by atoms with E-state index in [-0.39, 0.29) is 18.4 Å². The average Bonchev–Trinajstić information content (AvgIpc) is 2.47. The van der Waals surface area contributed by atoms with Gasteiger partial charge >= 0.3 is 0 Å². The van der Waals surface area contributed by atoms with E-state index in [0.29, 0.717) is 12.3 Å². The molecular formula is C13H16N2O3. The summed E-state index contributed by atoms with van der Waals surface area (Å²) in [6, 6.07) is 6.75. The van der Waals surface area contributed by atoms with Crippen molar-refractivity contribution in [2.75, 3.05) is 18.1 Å². The predicted molar refractivity (Wildman–Crippen MR) is 67.6 cm³/mol. The molecule has 0 bridgehead atoms. The first kappa shape index (κ1) is 12.4. The van der Waals surface area contributed by atoms with Gasteiger partial charge in [0.2, 0.25) is 5.91 Å². The number of carbonyl (C=O) groups excluding carboxylic acids is 2. The van der Waals surface area contributed by atoms with Crippen LogP contribution in [0.15, 0.2) is 24.3 Å². The summed E-state index contributed by atoms with van der Waals surface area (Å²) in [4.78, 5) is 25.0. The molecule has 0 spiro atoms. The van der Waals surface area contributed by atoms with Crippen molar-refractivity contribution in [3.8, 4) is 5.75 Å². The number of nitrogens with zero attached hydrogens (tertiary/aromatic N) is 1. The van der Waals surface area contributed by atoms with Crippen LogP contribution in [0.4, 0.5) is 5.69 Å². The Morgan fingerprint density at radius 2 is 2.22 bits per heavy atom. The van der Waals surface area contributed by atoms with Crippen LogP contribution in [0.3, 0.4) is 0 Å². The lowest BCUT2D eigenvalue weighted by Crippen LogP contribution is -2.49. The molecule has 96 valence electrons. The largest absolute Gasteiger partial charge is 0.489 e. The summed E-state index contributed by atoms with van der Waals surface area (Å²) in [5.74, 6) is 0.289. The fraction of sp³-hybridized carbons (Fsp3) is 0.385. The van der Waals surface area contributed by atoms with Gasteiger partial charge < -0.3 is 15.0 Å². The highest BCUT2D eigenvalue weighted by Crippen LogP contribution is 2.30. The Hall–Kier alpha value is -2.04. The van der Waals surface area contributed by atoms with Gasteiger partial charge in [-0.2, -0.15) is 0 Å². The van der Waals surface area contributed by atoms with E-state index >= 15 is 0 Å². The van der Waals surface area contributed by atoms with E-state index in [2.05, 4.69) is 5.32 Å². The summed E-state index contributed by atoms with van der Waals surface area (Å²) < 4.78 is 5.59. The smallest absolute Gasteiger partial charge is 0.253 e. The van der Waals surface area contributed by atoms with Crippen LogP contribution in [0.5, 0.6) is 5.75 Å². The van der Waals surface area contributed by atoms with E-state index in [9.17, 15) is 9.59 Å². The lowest BCUT2D eigenvalue weighted by molar-refractivity contribution is -0.126. The monoisotopic (exact) mass is 248 g/mol. The first-order valence-electron chi connectivity index (χ1n) is 5.93. The minimum absolute atomic E-state index is 0.141. The topological polar surface area (TPSA) is 58.6 Å². The van der Waals surface area contributed by atoms with Gasteiger partial charge in [0.05, 0.1) is 5.69 Å². The number of nitrogens with one attached hydrogen (secondary N) is 1. The predicted octanol–water partition coefficient (Wildman–Crippen LogP) is 0.937. The highest BCUT2D eigenvalue weighted by Gasteiger charge is 2.30. The summed E-state index contributed by atoms with van der Waals surface area (Å²) >= 11 is 0. The van der Waals surface area contributed by atoms with Crippen LogP contribution in [-0.4, -0.2) is 31.0 Å². The van der Waals surface area contributed by atoms with Crippen LogP contribution in [0, 0.1) is 0 Å². The highest BCUT2D eigenvalue weighted by molar-refractivity contribution is 6.00. The molecule has 0 saturated heterocycles. The van der Waals surface area contributed by atoms with Crippen molar-refractivity contribution in [1.82, 2.24) is 5.32 Å². The summed E-state index contributed by atoms with van der Waals surface area (Å²) in [6.07, 6.45) is 0. The highest BCUT2D eigenvalue weighted by atomic mass is 16.5. The summed E-state index contributed by atoms with van der Waals surface area (Å²) in [7, 11) is 0. The Labute approximate surface area is 106 Å². The van der Waals surface area contributed by atoms with Crippen LogP contribution in [0.2, 0.25) is 0 Å². The van der Waals surface area contributed by atoms with E-state index in [4.69, 9.17) is 4.74 Å². The van der Waals surface area contributed by atoms with Gasteiger partial charge in [-0.25, -0.2) is 0 Å². The van der Waals surface area contributed by atoms with Crippen LogP contribution in [0.1, 0.15) is 13.8 Å². The van der Waals surface area contributed by atoms with Crippen molar-refractivity contribution in [1.29, 1.82) is 0 Å². The Kier molecular flexibility index (Phi) is 3.50. The number of rotatable bonds is 2. The van der Waals surface area contributed by atoms with Gasteiger partial charge in [-0.1, -0.05) is 12.1 Å². The molecule has 0 saturated carbocycles. The maximum absolute atomic E-state index is 12.3. The number of benzene rings is 1. The molecule has 2 amide bonds. The number of hydrogen-bond acceptors (Lipinski definition) is 3. The molecule has 1 atom stereocenters. The summed E-state index contributed by atoms with van der Waals surface area (Å²) in [5.41, 5.74) is 0.748. The number of fused-ring (bicyclic) bond motifs is 1. The summed E-state index contributed by atoms with van der Waals surface area (Å²) in [5, 5.41) is 2.62. The van der Waals surface area contributed by atoms with Crippen molar-refractivity contribution in [2.45, 2.75) is 19.9 Å². The van der Waals surface area contributed by atoms with E-state index in [1.807, 2.05) is 31.2 Å². The molecule has 5 nitrogen and oxygen atoms in total. The van der Waals surface area contributed by atoms with E-state index in [1.165, 1.54) is 6.92 Å². The second-order valence-corrected chi connectivity index (χ2v) is 4.11. The van der Waals surface area contributed by atoms with E-state index < -0.39 is 6.04 Å². The zero-order valence-electron chi connectivity index (χ0n) is 10.5. The lowest BCUT2D eigenvalue weighted by Gasteiger charge is -2.22. The molecule has 5 heteroatoms. The third-order valence-electron chi connectivity index (χ3n) is 2.82. The van der Waals surface area contributed by atoms with Gasteiger partial charge in [-0.05, 0) is 19.1 Å². The molecule has 1 aromatic rings. The standard InChI is InChI=1S/C13H16N2O3/c1-3-15-11-6-4-5-7-12(11)18-8-10(13(15)17)14-9(2)16/h4-7,10H,3,8H2,1-2H3,(H,14,16). The van der Waals surface area contributed by atoms with E-state index in [0.717, 1.165) is 5.69 Å². The molecule has 1 aliphatic rings. The number of ether oxygens (including phenoxy) is 1. The van der Waals surface area contributed by atoms with Gasteiger partial charge in [0.1, 0.15) is 18.4 Å². The van der Waals surface area contributed by atoms with Crippen molar-refractivity contribution in [3.63, 3.8) is 0 Å². The number of carbonyl (C=O) groups is 2. The zero-order chi connectivity index (χ0) is 13.1. The number of likely N-dealkylation sites (N-methyl/N-ethyl adjacent to an activating group) is 1. The summed E-state index contributed by atoms with van der Waals surface area (Å²) in [6.45, 7) is 3.98. The molecule has 18 heavy (non-hydrogen) atoms. The Morgan fingerprint density at radius 1 is 1.50 bits per heavy atom. The maximum atomic E-state index is 12.3. The van der Waals surface area contributed by atoms with Crippen LogP contribution in [-0.2, 0) is 9.59 Å². The maximum Gasteiger partial charge on any atom is 0.253 e. The molecular weight excluding hydrogens is 232 g/mol. The molecule has 0 aliphatic carbocycles. The van der Waals surface area contributed by atoms with Crippen molar-refractivity contribution in [3.05, 3.63) is 24.3 Å². The van der Waals surface area contributed by atoms with Crippen LogP contribution >= 0.6 is 0 Å². The SMILES string of the molecule is CCN1C(=O)C(NC(C)=O)COc2ccccc21. The molecule has 0 aromatic heterocycles. The molecule has 2 rings (SSSR count). The quantitative estimate of drug-likeness (QED) is 0.847. The molecule has 1 unspecified atom stereocenters. The fourth-order valence-electron chi connectivity index (χ4n) is 2.03. The van der Waals surface area contributed by atoms with Gasteiger partial charge in [0, 0.05) is 13.5 Å². The number of para-hydroxylation sites is 2. The number of hydrogen-bond donors (Lipinski definition) is 1. The number of anilines is 1. The first-order valence-corrected chi connectivity index (χ1v) is 5.93. The van der Waals surface area contributed by atoms with Gasteiger partial charge in [-0.15, -0.1) is 0 Å². The third kappa shape index (κ3) is 2.30. The molecule has 1 aromatic carbocycles. The van der Waals surface area contributed by atoms with Crippen LogP contribution < -0.4 is 15.0 Å². The molecule has 1 aliphatic heterocycles. The van der Waals surface area contributed by atoms with Crippen molar-refractivity contribution < 1.29 is 14.3 Å². The second-order valence-electron chi connectivity index (χ2n) is 4.11. The van der Waals surface area contributed by atoms with Gasteiger partial charge in [-0.3, -0.25) is 9.59 Å². The van der Waals surface area contributed by atoms with Crippen molar-refractivity contribution >= 4 is 17.5 Å².